The lowest BCUT2D eigenvalue weighted by molar-refractivity contribution is -0.116. The second-order valence-corrected chi connectivity index (χ2v) is 8.72. The van der Waals surface area contributed by atoms with Crippen molar-refractivity contribution in [3.8, 4) is 0 Å². The van der Waals surface area contributed by atoms with Crippen molar-refractivity contribution in [1.29, 1.82) is 0 Å². The number of carbonyl (C=O) groups excluding carboxylic acids is 2. The van der Waals surface area contributed by atoms with E-state index in [1.54, 1.807) is 6.07 Å². The van der Waals surface area contributed by atoms with E-state index in [4.69, 9.17) is 11.6 Å². The number of halogens is 1. The van der Waals surface area contributed by atoms with Crippen LogP contribution >= 0.6 is 23.4 Å². The molecule has 0 radical (unpaired) electrons. The summed E-state index contributed by atoms with van der Waals surface area (Å²) in [5.41, 5.74) is 3.26. The van der Waals surface area contributed by atoms with Gasteiger partial charge in [-0.1, -0.05) is 48.0 Å². The van der Waals surface area contributed by atoms with Gasteiger partial charge in [0.05, 0.1) is 11.7 Å². The summed E-state index contributed by atoms with van der Waals surface area (Å²) < 4.78 is 0. The molecule has 2 amide bonds. The molecule has 0 fully saturated rings. The summed E-state index contributed by atoms with van der Waals surface area (Å²) in [6.45, 7) is 3.73. The number of rotatable bonds is 7. The Hall–Kier alpha value is -2.76. The molecule has 4 nitrogen and oxygen atoms in total. The van der Waals surface area contributed by atoms with Crippen molar-refractivity contribution in [3.05, 3.63) is 88.9 Å². The molecule has 0 spiro atoms. The molecule has 1 unspecified atom stereocenters. The molecule has 1 atom stereocenters. The summed E-state index contributed by atoms with van der Waals surface area (Å²) in [7, 11) is 0. The fourth-order valence-corrected chi connectivity index (χ4v) is 3.88. The second kappa shape index (κ2) is 10.3. The zero-order valence-electron chi connectivity index (χ0n) is 16.8. The number of benzene rings is 3. The van der Waals surface area contributed by atoms with Gasteiger partial charge in [-0.2, -0.15) is 0 Å². The van der Waals surface area contributed by atoms with E-state index in [1.807, 2.05) is 80.6 Å². The Morgan fingerprint density at radius 3 is 2.33 bits per heavy atom. The Kier molecular flexibility index (Phi) is 7.55. The van der Waals surface area contributed by atoms with Gasteiger partial charge in [-0.3, -0.25) is 9.59 Å². The fourth-order valence-electron chi connectivity index (χ4n) is 2.84. The summed E-state index contributed by atoms with van der Waals surface area (Å²) in [5.74, 6) is -0.156. The van der Waals surface area contributed by atoms with Crippen molar-refractivity contribution in [2.24, 2.45) is 0 Å². The van der Waals surface area contributed by atoms with Crippen LogP contribution in [0.15, 0.2) is 77.7 Å². The molecule has 2 N–H and O–H groups in total. The van der Waals surface area contributed by atoms with E-state index < -0.39 is 0 Å². The van der Waals surface area contributed by atoms with E-state index in [9.17, 15) is 9.59 Å². The maximum Gasteiger partial charge on any atom is 0.237 e. The largest absolute Gasteiger partial charge is 0.326 e. The zero-order chi connectivity index (χ0) is 21.5. The van der Waals surface area contributed by atoms with Crippen LogP contribution in [0.2, 0.25) is 5.02 Å². The van der Waals surface area contributed by atoms with E-state index in [2.05, 4.69) is 10.6 Å². The predicted octanol–water partition coefficient (Wildman–Crippen LogP) is 5.95. The lowest BCUT2D eigenvalue weighted by atomic mass is 10.1. The van der Waals surface area contributed by atoms with Crippen LogP contribution in [-0.2, 0) is 16.0 Å². The molecule has 6 heteroatoms. The smallest absolute Gasteiger partial charge is 0.237 e. The Bertz CT molecular complexity index is 1020. The summed E-state index contributed by atoms with van der Waals surface area (Å²) in [6, 6.07) is 22.5. The molecule has 30 heavy (non-hydrogen) atoms. The van der Waals surface area contributed by atoms with Gasteiger partial charge in [0.2, 0.25) is 11.8 Å². The van der Waals surface area contributed by atoms with Crippen LogP contribution in [0, 0.1) is 6.92 Å². The Morgan fingerprint density at radius 1 is 0.933 bits per heavy atom. The van der Waals surface area contributed by atoms with Crippen LogP contribution in [0.1, 0.15) is 18.1 Å². The normalized spacial score (nSPS) is 11.6. The maximum atomic E-state index is 12.5. The third kappa shape index (κ3) is 6.12. The Morgan fingerprint density at radius 2 is 1.63 bits per heavy atom. The molecule has 3 aromatic rings. The number of carbonyl (C=O) groups is 2. The highest BCUT2D eigenvalue weighted by molar-refractivity contribution is 8.00. The van der Waals surface area contributed by atoms with Crippen molar-refractivity contribution < 1.29 is 9.59 Å². The number of thioether (sulfide) groups is 1. The number of amides is 2. The van der Waals surface area contributed by atoms with Crippen LogP contribution < -0.4 is 10.6 Å². The third-order valence-corrected chi connectivity index (χ3v) is 6.07. The Balaban J connectivity index is 1.53. The van der Waals surface area contributed by atoms with Crippen LogP contribution in [0.3, 0.4) is 0 Å². The molecular formula is C24H23ClN2O2S. The zero-order valence-corrected chi connectivity index (χ0v) is 18.4. The molecule has 0 heterocycles. The van der Waals surface area contributed by atoms with E-state index in [1.165, 1.54) is 11.8 Å². The monoisotopic (exact) mass is 438 g/mol. The van der Waals surface area contributed by atoms with Crippen molar-refractivity contribution in [2.75, 3.05) is 10.6 Å². The van der Waals surface area contributed by atoms with Crippen molar-refractivity contribution in [2.45, 2.75) is 30.4 Å². The minimum absolute atomic E-state index is 0.0637. The van der Waals surface area contributed by atoms with E-state index in [-0.39, 0.29) is 17.1 Å². The minimum Gasteiger partial charge on any atom is -0.326 e. The molecule has 3 rings (SSSR count). The molecule has 3 aromatic carbocycles. The van der Waals surface area contributed by atoms with Crippen LogP contribution in [0.25, 0.3) is 0 Å². The van der Waals surface area contributed by atoms with Crippen molar-refractivity contribution in [1.82, 2.24) is 0 Å². The lowest BCUT2D eigenvalue weighted by Gasteiger charge is -2.14. The van der Waals surface area contributed by atoms with Crippen LogP contribution in [0.4, 0.5) is 11.4 Å². The fraction of sp³-hybridized carbons (Fsp3) is 0.167. The first-order chi connectivity index (χ1) is 14.4. The first-order valence-corrected chi connectivity index (χ1v) is 10.8. The first-order valence-electron chi connectivity index (χ1n) is 9.59. The predicted molar refractivity (Wildman–Crippen MR) is 125 cm³/mol. The minimum atomic E-state index is -0.290. The molecule has 0 aliphatic heterocycles. The Labute approximate surface area is 186 Å². The molecule has 0 saturated heterocycles. The van der Waals surface area contributed by atoms with Gasteiger partial charge in [0.1, 0.15) is 0 Å². The van der Waals surface area contributed by atoms with E-state index >= 15 is 0 Å². The summed E-state index contributed by atoms with van der Waals surface area (Å²) in [4.78, 5) is 25.7. The van der Waals surface area contributed by atoms with Gasteiger partial charge in [0.25, 0.3) is 0 Å². The number of hydrogen-bond donors (Lipinski definition) is 2. The second-order valence-electron chi connectivity index (χ2n) is 6.90. The SMILES string of the molecule is Cc1c(Cl)cccc1NC(=O)C(C)Sc1ccc(NC(=O)Cc2ccccc2)cc1. The van der Waals surface area contributed by atoms with Crippen molar-refractivity contribution in [3.63, 3.8) is 0 Å². The number of nitrogens with one attached hydrogen (secondary N) is 2. The summed E-state index contributed by atoms with van der Waals surface area (Å²) in [5, 5.41) is 6.16. The average molecular weight is 439 g/mol. The first kappa shape index (κ1) is 21.9. The number of anilines is 2. The molecule has 154 valence electrons. The summed E-state index contributed by atoms with van der Waals surface area (Å²) >= 11 is 7.57. The lowest BCUT2D eigenvalue weighted by Crippen LogP contribution is -2.22. The van der Waals surface area contributed by atoms with Crippen LogP contribution in [-0.4, -0.2) is 17.1 Å². The molecule has 0 bridgehead atoms. The summed E-state index contributed by atoms with van der Waals surface area (Å²) in [6.07, 6.45) is 0.331. The maximum absolute atomic E-state index is 12.5. The van der Waals surface area contributed by atoms with Gasteiger partial charge >= 0.3 is 0 Å². The van der Waals surface area contributed by atoms with Gasteiger partial charge in [0, 0.05) is 21.3 Å². The van der Waals surface area contributed by atoms with Gasteiger partial charge in [0.15, 0.2) is 0 Å². The van der Waals surface area contributed by atoms with Crippen molar-refractivity contribution >= 4 is 46.6 Å². The topological polar surface area (TPSA) is 58.2 Å². The van der Waals surface area contributed by atoms with Gasteiger partial charge in [-0.15, -0.1) is 11.8 Å². The average Bonchev–Trinajstić information content (AvgIpc) is 2.73. The molecule has 0 aliphatic carbocycles. The standard InChI is InChI=1S/C24H23ClN2O2S/c1-16-21(25)9-6-10-22(16)27-24(29)17(2)30-20-13-11-19(12-14-20)26-23(28)15-18-7-4-3-5-8-18/h3-14,17H,15H2,1-2H3,(H,26,28)(H,27,29). The van der Waals surface area contributed by atoms with Gasteiger partial charge < -0.3 is 10.6 Å². The molecule has 0 aliphatic rings. The third-order valence-electron chi connectivity index (χ3n) is 4.55. The highest BCUT2D eigenvalue weighted by Gasteiger charge is 2.16. The molecule has 0 saturated carbocycles. The quantitative estimate of drug-likeness (QED) is 0.448. The van der Waals surface area contributed by atoms with E-state index in [0.29, 0.717) is 11.4 Å². The van der Waals surface area contributed by atoms with E-state index in [0.717, 1.165) is 27.4 Å². The highest BCUT2D eigenvalue weighted by Crippen LogP contribution is 2.27. The molecule has 0 aromatic heterocycles. The number of hydrogen-bond acceptors (Lipinski definition) is 3. The van der Waals surface area contributed by atoms with Gasteiger partial charge in [-0.05, 0) is 61.4 Å². The highest BCUT2D eigenvalue weighted by atomic mass is 35.5. The molecular weight excluding hydrogens is 416 g/mol. The van der Waals surface area contributed by atoms with Gasteiger partial charge in [-0.25, -0.2) is 0 Å². The van der Waals surface area contributed by atoms with Crippen LogP contribution in [0.5, 0.6) is 0 Å².